The number of nitrogens with one attached hydrogen (secondary N) is 1. The van der Waals surface area contributed by atoms with Crippen LogP contribution in [-0.2, 0) is 11.3 Å². The number of aromatic nitrogens is 1. The molecule has 30 heavy (non-hydrogen) atoms. The minimum absolute atomic E-state index is 0. The summed E-state index contributed by atoms with van der Waals surface area (Å²) < 4.78 is 51.8. The normalized spacial score (nSPS) is 24.2. The molecule has 2 fully saturated rings. The summed E-state index contributed by atoms with van der Waals surface area (Å²) in [6, 6.07) is 1.00. The van der Waals surface area contributed by atoms with Crippen LogP contribution in [0.4, 0.5) is 13.2 Å². The molecule has 1 aliphatic heterocycles. The molecule has 6 nitrogen and oxygen atoms in total. The quantitative estimate of drug-likeness (QED) is 0.716. The largest absolute Gasteiger partial charge is 0.481 e. The van der Waals surface area contributed by atoms with Crippen molar-refractivity contribution in [2.75, 3.05) is 20.7 Å². The van der Waals surface area contributed by atoms with Gasteiger partial charge in [-0.05, 0) is 38.3 Å². The van der Waals surface area contributed by atoms with Crippen molar-refractivity contribution in [3.8, 4) is 11.8 Å². The van der Waals surface area contributed by atoms with Crippen molar-refractivity contribution in [3.05, 3.63) is 17.4 Å². The van der Waals surface area contributed by atoms with Crippen LogP contribution in [0.5, 0.6) is 11.8 Å². The Kier molecular flexibility index (Phi) is 8.21. The molecule has 1 aromatic rings. The van der Waals surface area contributed by atoms with Crippen LogP contribution < -0.4 is 14.8 Å². The number of hydrogen-bond acceptors (Lipinski definition) is 5. The summed E-state index contributed by atoms with van der Waals surface area (Å²) in [4.78, 5) is 18.5. The van der Waals surface area contributed by atoms with Crippen molar-refractivity contribution in [1.29, 1.82) is 0 Å². The fourth-order valence-electron chi connectivity index (χ4n) is 4.03. The third kappa shape index (κ3) is 5.91. The van der Waals surface area contributed by atoms with Crippen LogP contribution in [0.25, 0.3) is 0 Å². The van der Waals surface area contributed by atoms with E-state index in [1.54, 1.807) is 0 Å². The van der Waals surface area contributed by atoms with Crippen LogP contribution >= 0.6 is 12.4 Å². The average Bonchev–Trinajstić information content (AvgIpc) is 3.01. The van der Waals surface area contributed by atoms with Gasteiger partial charge in [0, 0.05) is 31.5 Å². The molecule has 1 aliphatic carbocycles. The number of halogens is 4. The van der Waals surface area contributed by atoms with E-state index < -0.39 is 17.8 Å². The second kappa shape index (κ2) is 10.0. The lowest BCUT2D eigenvalue weighted by Crippen LogP contribution is -2.41. The predicted octanol–water partition coefficient (Wildman–Crippen LogP) is 3.56. The third-order valence-electron chi connectivity index (χ3n) is 5.63. The maximum Gasteiger partial charge on any atom is 0.254 e. The number of carbonyl (C=O) groups excluding carboxylic acids is 1. The van der Waals surface area contributed by atoms with Gasteiger partial charge in [-0.1, -0.05) is 6.92 Å². The molecule has 1 saturated heterocycles. The first-order valence-corrected chi connectivity index (χ1v) is 9.94. The Morgan fingerprint density at radius 2 is 2.00 bits per heavy atom. The van der Waals surface area contributed by atoms with Crippen LogP contribution in [0.15, 0.2) is 6.07 Å². The predicted molar refractivity (Wildman–Crippen MR) is 108 cm³/mol. The number of carbonyl (C=O) groups is 1. The molecule has 1 aromatic heterocycles. The number of nitrogens with zero attached hydrogens (tertiary/aromatic N) is 2. The molecule has 2 atom stereocenters. The zero-order valence-electron chi connectivity index (χ0n) is 17.4. The number of rotatable bonds is 6. The van der Waals surface area contributed by atoms with Gasteiger partial charge in [0.05, 0.1) is 13.2 Å². The first-order valence-electron chi connectivity index (χ1n) is 9.94. The van der Waals surface area contributed by atoms with E-state index in [4.69, 9.17) is 9.47 Å². The van der Waals surface area contributed by atoms with Crippen LogP contribution in [0, 0.1) is 11.7 Å². The lowest BCUT2D eigenvalue weighted by molar-refractivity contribution is -0.125. The maximum absolute atomic E-state index is 14.5. The number of hydrogen-bond donors (Lipinski definition) is 1. The van der Waals surface area contributed by atoms with Gasteiger partial charge in [-0.15, -0.1) is 12.4 Å². The van der Waals surface area contributed by atoms with E-state index in [-0.39, 0.29) is 68.3 Å². The van der Waals surface area contributed by atoms with Gasteiger partial charge < -0.3 is 14.8 Å². The number of alkyl halides is 2. The molecular weight excluding hydrogens is 423 g/mol. The summed E-state index contributed by atoms with van der Waals surface area (Å²) in [5.41, 5.74) is 0.384. The van der Waals surface area contributed by atoms with Gasteiger partial charge in [0.15, 0.2) is 5.82 Å². The summed E-state index contributed by atoms with van der Waals surface area (Å²) in [7, 11) is 3.30. The maximum atomic E-state index is 14.5. The zero-order valence-corrected chi connectivity index (χ0v) is 18.2. The molecule has 1 amide bonds. The van der Waals surface area contributed by atoms with Crippen molar-refractivity contribution in [1.82, 2.24) is 15.2 Å². The second-order valence-corrected chi connectivity index (χ2v) is 8.13. The highest BCUT2D eigenvalue weighted by molar-refractivity contribution is 5.85. The number of methoxy groups -OCH3 is 1. The molecule has 0 radical (unpaired) electrons. The van der Waals surface area contributed by atoms with Gasteiger partial charge in [-0.25, -0.2) is 13.2 Å². The summed E-state index contributed by atoms with van der Waals surface area (Å²) in [5, 5.41) is 2.81. The van der Waals surface area contributed by atoms with Gasteiger partial charge in [0.1, 0.15) is 6.10 Å². The molecular formula is C20H29ClF3N3O3. The fraction of sp³-hybridized carbons (Fsp3) is 0.700. The lowest BCUT2D eigenvalue weighted by atomic mass is 9.94. The van der Waals surface area contributed by atoms with Gasteiger partial charge in [-0.3, -0.25) is 9.69 Å². The van der Waals surface area contributed by atoms with Crippen LogP contribution in [0.3, 0.4) is 0 Å². The van der Waals surface area contributed by atoms with Crippen molar-refractivity contribution < 1.29 is 27.4 Å². The fourth-order valence-corrected chi connectivity index (χ4v) is 4.03. The van der Waals surface area contributed by atoms with Crippen LogP contribution in [0.2, 0.25) is 0 Å². The zero-order chi connectivity index (χ0) is 21.2. The van der Waals surface area contributed by atoms with Crippen LogP contribution in [0.1, 0.15) is 44.6 Å². The van der Waals surface area contributed by atoms with Gasteiger partial charge in [-0.2, -0.15) is 4.98 Å². The Morgan fingerprint density at radius 3 is 2.57 bits per heavy atom. The smallest absolute Gasteiger partial charge is 0.254 e. The number of amides is 1. The monoisotopic (exact) mass is 451 g/mol. The Labute approximate surface area is 180 Å². The minimum atomic E-state index is -2.68. The standard InChI is InChI=1S/C20H28F3N3O3.ClH/c1-12-8-16(26(2)11-12)17(27)24-10-13-9-15(21)19(25-18(13)28-3)29-14-4-6-20(22,23)7-5-14;/h9,12,14,16H,4-8,10-11H2,1-3H3,(H,24,27);1H/t12-,16+;/m1./s1. The average molecular weight is 452 g/mol. The third-order valence-corrected chi connectivity index (χ3v) is 5.63. The SMILES string of the molecule is COc1nc(OC2CCC(F)(F)CC2)c(F)cc1CNC(=O)[C@@H]1C[C@@H](C)CN1C.Cl. The van der Waals surface area contributed by atoms with E-state index in [2.05, 4.69) is 17.2 Å². The highest BCUT2D eigenvalue weighted by atomic mass is 35.5. The lowest BCUT2D eigenvalue weighted by Gasteiger charge is -2.28. The number of ether oxygens (including phenoxy) is 2. The van der Waals surface area contributed by atoms with E-state index in [0.717, 1.165) is 13.0 Å². The highest BCUT2D eigenvalue weighted by Gasteiger charge is 2.36. The second-order valence-electron chi connectivity index (χ2n) is 8.13. The topological polar surface area (TPSA) is 63.7 Å². The van der Waals surface area contributed by atoms with Gasteiger partial charge >= 0.3 is 0 Å². The number of pyridine rings is 1. The Morgan fingerprint density at radius 1 is 1.33 bits per heavy atom. The molecule has 1 N–H and O–H groups in total. The Hall–Kier alpha value is -1.74. The van der Waals surface area contributed by atoms with E-state index in [9.17, 15) is 18.0 Å². The molecule has 2 aliphatic rings. The first kappa shape index (κ1) is 24.5. The van der Waals surface area contributed by atoms with Gasteiger partial charge in [0.25, 0.3) is 5.88 Å². The molecule has 0 aromatic carbocycles. The summed E-state index contributed by atoms with van der Waals surface area (Å²) in [5.74, 6) is -3.20. The molecule has 10 heteroatoms. The Bertz CT molecular complexity index is 743. The molecule has 0 bridgehead atoms. The summed E-state index contributed by atoms with van der Waals surface area (Å²) >= 11 is 0. The highest BCUT2D eigenvalue weighted by Crippen LogP contribution is 2.35. The molecule has 170 valence electrons. The van der Waals surface area contributed by atoms with Crippen molar-refractivity contribution in [2.45, 2.75) is 63.6 Å². The number of likely N-dealkylation sites (tertiary alicyclic amines) is 1. The summed E-state index contributed by atoms with van der Waals surface area (Å²) in [6.07, 6.45) is -0.0156. The van der Waals surface area contributed by atoms with Crippen molar-refractivity contribution in [2.24, 2.45) is 5.92 Å². The van der Waals surface area contributed by atoms with Crippen molar-refractivity contribution in [3.63, 3.8) is 0 Å². The van der Waals surface area contributed by atoms with E-state index >= 15 is 0 Å². The van der Waals surface area contributed by atoms with E-state index in [1.807, 2.05) is 11.9 Å². The van der Waals surface area contributed by atoms with Crippen molar-refractivity contribution >= 4 is 18.3 Å². The number of likely N-dealkylation sites (N-methyl/N-ethyl adjacent to an activating group) is 1. The van der Waals surface area contributed by atoms with E-state index in [1.165, 1.54) is 13.2 Å². The minimum Gasteiger partial charge on any atom is -0.481 e. The Balaban J connectivity index is 0.00000320. The molecule has 0 unspecified atom stereocenters. The van der Waals surface area contributed by atoms with Gasteiger partial charge in [0.2, 0.25) is 17.7 Å². The van der Waals surface area contributed by atoms with E-state index in [0.29, 0.717) is 11.5 Å². The molecule has 0 spiro atoms. The molecule has 1 saturated carbocycles. The first-order chi connectivity index (χ1) is 13.7. The van der Waals surface area contributed by atoms with Crippen LogP contribution in [-0.4, -0.2) is 54.6 Å². The molecule has 2 heterocycles. The molecule has 3 rings (SSSR count). The summed E-state index contributed by atoms with van der Waals surface area (Å²) in [6.45, 7) is 3.02.